The van der Waals surface area contributed by atoms with Crippen molar-refractivity contribution in [3.05, 3.63) is 42.6 Å². The normalized spacial score (nSPS) is 15.1. The maximum atomic E-state index is 11.4. The topological polar surface area (TPSA) is 72.3 Å². The molecule has 1 aromatic carbocycles. The molecule has 0 saturated carbocycles. The first-order chi connectivity index (χ1) is 13.2. The van der Waals surface area contributed by atoms with Gasteiger partial charge >= 0.3 is 6.09 Å². The maximum absolute atomic E-state index is 11.4. The van der Waals surface area contributed by atoms with Gasteiger partial charge in [-0.05, 0) is 37.1 Å². The van der Waals surface area contributed by atoms with Crippen molar-refractivity contribution >= 4 is 22.9 Å². The largest absolute Gasteiger partial charge is 0.453 e. The number of ether oxygens (including phenoxy) is 1. The number of fused-ring (bicyclic) bond motifs is 1. The van der Waals surface area contributed by atoms with E-state index in [1.807, 2.05) is 37.5 Å². The number of pyridine rings is 1. The quantitative estimate of drug-likeness (QED) is 0.773. The first kappa shape index (κ1) is 17.3. The second kappa shape index (κ2) is 7.26. The molecule has 3 heterocycles. The maximum Gasteiger partial charge on any atom is 0.407 e. The molecule has 3 aromatic rings. The summed E-state index contributed by atoms with van der Waals surface area (Å²) in [4.78, 5) is 23.0. The minimum absolute atomic E-state index is 0.150. The molecule has 1 amide bonds. The van der Waals surface area contributed by atoms with E-state index in [0.29, 0.717) is 0 Å². The molecule has 2 aromatic heterocycles. The molecule has 4 rings (SSSR count). The van der Waals surface area contributed by atoms with Crippen LogP contribution in [-0.4, -0.2) is 46.9 Å². The van der Waals surface area contributed by atoms with Gasteiger partial charge < -0.3 is 19.5 Å². The van der Waals surface area contributed by atoms with Gasteiger partial charge in [0, 0.05) is 37.9 Å². The molecule has 0 radical (unpaired) electrons. The van der Waals surface area contributed by atoms with Crippen LogP contribution in [0.4, 0.5) is 10.6 Å². The number of aromatic nitrogens is 3. The standard InChI is InChI=1S/C20H23N5O2/c1-24-17-6-4-3-5-16(17)23-19(24)14-7-10-21-18(13-14)25-11-8-15(9-12-25)22-20(26)27-2/h3-7,10,13,15H,8-9,11-12H2,1-2H3,(H,22,26). The predicted molar refractivity (Wildman–Crippen MR) is 105 cm³/mol. The van der Waals surface area contributed by atoms with Crippen LogP contribution in [0, 0.1) is 0 Å². The van der Waals surface area contributed by atoms with Gasteiger partial charge in [-0.15, -0.1) is 0 Å². The molecule has 1 aliphatic heterocycles. The van der Waals surface area contributed by atoms with Crippen LogP contribution in [0.5, 0.6) is 0 Å². The highest BCUT2D eigenvalue weighted by Crippen LogP contribution is 2.27. The Kier molecular flexibility index (Phi) is 4.66. The minimum atomic E-state index is -0.365. The molecule has 0 spiro atoms. The molecule has 1 aliphatic rings. The van der Waals surface area contributed by atoms with E-state index >= 15 is 0 Å². The number of hydrogen-bond donors (Lipinski definition) is 1. The van der Waals surface area contributed by atoms with Crippen LogP contribution in [0.1, 0.15) is 12.8 Å². The monoisotopic (exact) mass is 365 g/mol. The summed E-state index contributed by atoms with van der Waals surface area (Å²) in [5.41, 5.74) is 3.15. The highest BCUT2D eigenvalue weighted by Gasteiger charge is 2.22. The van der Waals surface area contributed by atoms with Gasteiger partial charge in [0.1, 0.15) is 11.6 Å². The Morgan fingerprint density at radius 3 is 2.74 bits per heavy atom. The van der Waals surface area contributed by atoms with Crippen molar-refractivity contribution in [3.63, 3.8) is 0 Å². The Labute approximate surface area is 158 Å². The molecule has 27 heavy (non-hydrogen) atoms. The van der Waals surface area contributed by atoms with E-state index in [4.69, 9.17) is 4.98 Å². The second-order valence-electron chi connectivity index (χ2n) is 6.78. The third-order valence-electron chi connectivity index (χ3n) is 5.12. The molecule has 0 atom stereocenters. The molecule has 0 unspecified atom stereocenters. The van der Waals surface area contributed by atoms with E-state index in [2.05, 4.69) is 36.6 Å². The highest BCUT2D eigenvalue weighted by atomic mass is 16.5. The number of para-hydroxylation sites is 2. The number of benzene rings is 1. The molecule has 0 aliphatic carbocycles. The van der Waals surface area contributed by atoms with E-state index in [0.717, 1.165) is 54.2 Å². The number of nitrogens with zero attached hydrogens (tertiary/aromatic N) is 4. The van der Waals surface area contributed by atoms with Crippen LogP contribution < -0.4 is 10.2 Å². The van der Waals surface area contributed by atoms with Crippen LogP contribution in [0.3, 0.4) is 0 Å². The van der Waals surface area contributed by atoms with Crippen LogP contribution in [0.25, 0.3) is 22.4 Å². The molecule has 0 bridgehead atoms. The molecule has 1 N–H and O–H groups in total. The smallest absolute Gasteiger partial charge is 0.407 e. The first-order valence-corrected chi connectivity index (χ1v) is 9.13. The van der Waals surface area contributed by atoms with Crippen LogP contribution in [0.15, 0.2) is 42.6 Å². The zero-order chi connectivity index (χ0) is 18.8. The Hall–Kier alpha value is -3.09. The van der Waals surface area contributed by atoms with Crippen molar-refractivity contribution in [2.75, 3.05) is 25.1 Å². The van der Waals surface area contributed by atoms with Crippen molar-refractivity contribution in [1.29, 1.82) is 0 Å². The summed E-state index contributed by atoms with van der Waals surface area (Å²) in [7, 11) is 3.43. The lowest BCUT2D eigenvalue weighted by Gasteiger charge is -2.33. The number of aryl methyl sites for hydroxylation is 1. The summed E-state index contributed by atoms with van der Waals surface area (Å²) < 4.78 is 6.79. The molecule has 1 fully saturated rings. The van der Waals surface area contributed by atoms with E-state index < -0.39 is 0 Å². The summed E-state index contributed by atoms with van der Waals surface area (Å²) in [6.45, 7) is 1.68. The number of carbonyl (C=O) groups excluding carboxylic acids is 1. The average molecular weight is 365 g/mol. The van der Waals surface area contributed by atoms with E-state index in [1.165, 1.54) is 7.11 Å². The van der Waals surface area contributed by atoms with Gasteiger partial charge in [0.25, 0.3) is 0 Å². The Balaban J connectivity index is 1.53. The molecule has 1 saturated heterocycles. The number of methoxy groups -OCH3 is 1. The van der Waals surface area contributed by atoms with Crippen molar-refractivity contribution < 1.29 is 9.53 Å². The van der Waals surface area contributed by atoms with Gasteiger partial charge in [0.05, 0.1) is 18.1 Å². The Morgan fingerprint density at radius 2 is 2.00 bits per heavy atom. The van der Waals surface area contributed by atoms with Gasteiger partial charge in [0.15, 0.2) is 0 Å². The van der Waals surface area contributed by atoms with Gasteiger partial charge in [-0.3, -0.25) is 0 Å². The number of hydrogen-bond acceptors (Lipinski definition) is 5. The van der Waals surface area contributed by atoms with Crippen molar-refractivity contribution in [1.82, 2.24) is 19.9 Å². The van der Waals surface area contributed by atoms with Crippen molar-refractivity contribution in [2.24, 2.45) is 7.05 Å². The molecule has 140 valence electrons. The molecular formula is C20H23N5O2. The third kappa shape index (κ3) is 3.45. The Morgan fingerprint density at radius 1 is 1.22 bits per heavy atom. The number of imidazole rings is 1. The van der Waals surface area contributed by atoms with Crippen molar-refractivity contribution in [3.8, 4) is 11.4 Å². The predicted octanol–water partition coefficient (Wildman–Crippen LogP) is 2.96. The minimum Gasteiger partial charge on any atom is -0.453 e. The zero-order valence-electron chi connectivity index (χ0n) is 15.6. The number of rotatable bonds is 3. The van der Waals surface area contributed by atoms with Crippen LogP contribution >= 0.6 is 0 Å². The van der Waals surface area contributed by atoms with Gasteiger partial charge in [0.2, 0.25) is 0 Å². The fourth-order valence-corrected chi connectivity index (χ4v) is 3.61. The van der Waals surface area contributed by atoms with Gasteiger partial charge in [-0.25, -0.2) is 14.8 Å². The summed E-state index contributed by atoms with van der Waals surface area (Å²) >= 11 is 0. The second-order valence-corrected chi connectivity index (χ2v) is 6.78. The average Bonchev–Trinajstić information content (AvgIpc) is 3.05. The molecule has 7 heteroatoms. The number of anilines is 1. The van der Waals surface area contributed by atoms with Gasteiger partial charge in [-0.1, -0.05) is 12.1 Å². The fraction of sp³-hybridized carbons (Fsp3) is 0.350. The SMILES string of the molecule is COC(=O)NC1CCN(c2cc(-c3nc4ccccc4n3C)ccn2)CC1. The lowest BCUT2D eigenvalue weighted by molar-refractivity contribution is 0.164. The molecule has 7 nitrogen and oxygen atoms in total. The number of nitrogens with one attached hydrogen (secondary N) is 1. The first-order valence-electron chi connectivity index (χ1n) is 9.13. The molecular weight excluding hydrogens is 342 g/mol. The Bertz CT molecular complexity index is 960. The van der Waals surface area contributed by atoms with Crippen LogP contribution in [-0.2, 0) is 11.8 Å². The van der Waals surface area contributed by atoms with Gasteiger partial charge in [-0.2, -0.15) is 0 Å². The fourth-order valence-electron chi connectivity index (χ4n) is 3.61. The summed E-state index contributed by atoms with van der Waals surface area (Å²) in [6, 6.07) is 12.4. The number of amides is 1. The third-order valence-corrected chi connectivity index (χ3v) is 5.12. The number of piperidine rings is 1. The van der Waals surface area contributed by atoms with Crippen LogP contribution in [0.2, 0.25) is 0 Å². The highest BCUT2D eigenvalue weighted by molar-refractivity contribution is 5.80. The summed E-state index contributed by atoms with van der Waals surface area (Å²) in [5, 5.41) is 2.88. The summed E-state index contributed by atoms with van der Waals surface area (Å²) in [6.07, 6.45) is 3.21. The summed E-state index contributed by atoms with van der Waals surface area (Å²) in [5.74, 6) is 1.87. The number of alkyl carbamates (subject to hydrolysis) is 1. The lowest BCUT2D eigenvalue weighted by Crippen LogP contribution is -2.44. The van der Waals surface area contributed by atoms with E-state index in [-0.39, 0.29) is 12.1 Å². The van der Waals surface area contributed by atoms with E-state index in [9.17, 15) is 4.79 Å². The number of carbonyl (C=O) groups is 1. The lowest BCUT2D eigenvalue weighted by atomic mass is 10.1. The van der Waals surface area contributed by atoms with Crippen molar-refractivity contribution in [2.45, 2.75) is 18.9 Å². The van der Waals surface area contributed by atoms with E-state index in [1.54, 1.807) is 0 Å². The zero-order valence-corrected chi connectivity index (χ0v) is 15.6.